The molecule has 0 radical (unpaired) electrons. The number of phosphoric acid groups is 1. The molecule has 20 nitrogen and oxygen atoms in total. The molecular weight excluding hydrogens is 571 g/mol. The Kier molecular flexibility index (Phi) is 9.99. The van der Waals surface area contributed by atoms with Gasteiger partial charge >= 0.3 is 19.5 Å². The van der Waals surface area contributed by atoms with Gasteiger partial charge in [-0.3, -0.25) is 13.9 Å². The van der Waals surface area contributed by atoms with Gasteiger partial charge in [0.1, 0.15) is 42.4 Å². The third-order valence-electron chi connectivity index (χ3n) is 6.20. The Morgan fingerprint density at radius 1 is 1.35 bits per heavy atom. The van der Waals surface area contributed by atoms with E-state index in [1.165, 1.54) is 6.07 Å². The number of aliphatic carboxylic acids is 1. The number of aliphatic hydroxyl groups excluding tert-OH is 6. The summed E-state index contributed by atoms with van der Waals surface area (Å²) in [5.41, 5.74) is 4.46. The predicted molar refractivity (Wildman–Crippen MR) is 124 cm³/mol. The molecule has 1 amide bonds. The molecule has 0 saturated carbocycles. The number of aliphatic hydroxyl groups is 6. The maximum Gasteiger partial charge on any atom is 0.475 e. The number of nitrogens with two attached hydrogens (primary N) is 1. The summed E-state index contributed by atoms with van der Waals surface area (Å²) in [5, 5.41) is 72.1. The molecule has 2 saturated heterocycles. The Bertz CT molecular complexity index is 1170. The van der Waals surface area contributed by atoms with Gasteiger partial charge in [0, 0.05) is 12.6 Å². The summed E-state index contributed by atoms with van der Waals surface area (Å²) in [6.07, 6.45) is -14.5. The third-order valence-corrected chi connectivity index (χ3v) is 7.21. The first-order valence-corrected chi connectivity index (χ1v) is 13.0. The van der Waals surface area contributed by atoms with Crippen molar-refractivity contribution in [2.24, 2.45) is 0 Å². The summed E-state index contributed by atoms with van der Waals surface area (Å²) in [4.78, 5) is 48.8. The number of anilines is 1. The summed E-state index contributed by atoms with van der Waals surface area (Å²) in [6.45, 7) is -2.06. The van der Waals surface area contributed by atoms with Crippen molar-refractivity contribution < 1.29 is 73.3 Å². The first-order valence-electron chi connectivity index (χ1n) is 11.5. The summed E-state index contributed by atoms with van der Waals surface area (Å²) in [5.74, 6) is -5.43. The average molecular weight is 600 g/mol. The van der Waals surface area contributed by atoms with Crippen molar-refractivity contribution in [3.05, 3.63) is 22.7 Å². The second-order valence-electron chi connectivity index (χ2n) is 8.91. The smallest absolute Gasteiger partial charge is 0.475 e. The van der Waals surface area contributed by atoms with E-state index in [1.54, 1.807) is 0 Å². The molecule has 11 N–H and O–H groups in total. The summed E-state index contributed by atoms with van der Waals surface area (Å²) in [7, 11) is -5.51. The zero-order valence-corrected chi connectivity index (χ0v) is 21.2. The lowest BCUT2D eigenvalue weighted by atomic mass is 9.89. The molecule has 40 heavy (non-hydrogen) atoms. The van der Waals surface area contributed by atoms with Gasteiger partial charge in [-0.1, -0.05) is 0 Å². The maximum absolute atomic E-state index is 12.7. The first kappa shape index (κ1) is 31.9. The van der Waals surface area contributed by atoms with Gasteiger partial charge in [0.25, 0.3) is 5.79 Å². The number of hydrogen-bond donors (Lipinski definition) is 10. The zero-order chi connectivity index (χ0) is 30.0. The molecule has 3 unspecified atom stereocenters. The standard InChI is InChI=1S/C19H29N4O16P/c20-10-1-2-23(18(33)22-10)16-14(30)13(29)9(37-16)5-36-40(34,35)39-19(17(31)32)3-7(26)11(21-6-25)15(38-19)12(28)8(27)4-24/h1-2,6-9,11-16,24,26-30H,3-5H2,(H,21,25)(H,31,32)(H,34,35)(H2,20,22,33)/t7-,8+,9+,11-,12+,13+,14+,15?,16?,19+/m0/s1. The van der Waals surface area contributed by atoms with Crippen LogP contribution in [0.5, 0.6) is 0 Å². The lowest BCUT2D eigenvalue weighted by molar-refractivity contribution is -0.288. The minimum Gasteiger partial charge on any atom is -0.477 e. The van der Waals surface area contributed by atoms with E-state index in [-0.39, 0.29) is 12.2 Å². The Labute approximate surface area is 223 Å². The molecule has 2 aliphatic heterocycles. The number of phosphoric ester groups is 1. The number of carbonyl (C=O) groups excluding carboxylic acids is 1. The van der Waals surface area contributed by atoms with Crippen LogP contribution in [-0.4, -0.2) is 130 Å². The normalized spacial score (nSPS) is 35.4. The molecule has 3 heterocycles. The van der Waals surface area contributed by atoms with Crippen LogP contribution in [0.4, 0.5) is 5.82 Å². The van der Waals surface area contributed by atoms with Crippen LogP contribution in [0.15, 0.2) is 17.1 Å². The van der Waals surface area contributed by atoms with Gasteiger partial charge in [-0.05, 0) is 6.07 Å². The number of nitrogens with one attached hydrogen (secondary N) is 1. The highest BCUT2D eigenvalue weighted by Crippen LogP contribution is 2.51. The van der Waals surface area contributed by atoms with E-state index in [2.05, 4.69) is 10.3 Å². The number of carboxylic acid groups (broad SMARTS) is 1. The number of carboxylic acids is 1. The Morgan fingerprint density at radius 2 is 2.02 bits per heavy atom. The molecular formula is C19H29N4O16P. The minimum atomic E-state index is -5.51. The minimum absolute atomic E-state index is 0.0695. The van der Waals surface area contributed by atoms with Crippen molar-refractivity contribution in [1.29, 1.82) is 0 Å². The van der Waals surface area contributed by atoms with Gasteiger partial charge in [0.15, 0.2) is 6.23 Å². The van der Waals surface area contributed by atoms with Gasteiger partial charge in [-0.2, -0.15) is 4.98 Å². The number of carbonyl (C=O) groups is 2. The van der Waals surface area contributed by atoms with Crippen molar-refractivity contribution in [3.8, 4) is 0 Å². The number of aromatic nitrogens is 2. The van der Waals surface area contributed by atoms with Crippen molar-refractivity contribution in [3.63, 3.8) is 0 Å². The highest BCUT2D eigenvalue weighted by molar-refractivity contribution is 7.47. The molecule has 2 aliphatic rings. The van der Waals surface area contributed by atoms with Crippen LogP contribution < -0.4 is 16.7 Å². The molecule has 21 heteroatoms. The van der Waals surface area contributed by atoms with Gasteiger partial charge < -0.3 is 61.2 Å². The fourth-order valence-electron chi connectivity index (χ4n) is 4.19. The molecule has 1 aromatic rings. The molecule has 3 rings (SSSR count). The van der Waals surface area contributed by atoms with Crippen LogP contribution >= 0.6 is 7.82 Å². The van der Waals surface area contributed by atoms with E-state index in [0.29, 0.717) is 0 Å². The lowest BCUT2D eigenvalue weighted by Gasteiger charge is -2.46. The predicted octanol–water partition coefficient (Wildman–Crippen LogP) is -5.66. The summed E-state index contributed by atoms with van der Waals surface area (Å²) < 4.78 is 33.5. The van der Waals surface area contributed by atoms with Crippen molar-refractivity contribution in [2.45, 2.75) is 67.2 Å². The van der Waals surface area contributed by atoms with E-state index in [4.69, 9.17) is 29.4 Å². The van der Waals surface area contributed by atoms with Crippen LogP contribution in [0.1, 0.15) is 12.6 Å². The lowest BCUT2D eigenvalue weighted by Crippen LogP contribution is -2.67. The summed E-state index contributed by atoms with van der Waals surface area (Å²) in [6, 6.07) is -0.359. The third kappa shape index (κ3) is 6.65. The molecule has 2 fully saturated rings. The SMILES string of the molecule is Nc1ccn(C2O[C@H](COP(=O)(O)O[C@@]3(C(=O)O)C[C@H](O)[C@H](NC=O)C([C@H](O)[C@H](O)CO)O3)[C@@H](O)[C@H]2O)c(=O)n1. The number of nitrogen functional groups attached to an aromatic ring is 1. The van der Waals surface area contributed by atoms with E-state index in [1.807, 2.05) is 0 Å². The number of hydrogen-bond acceptors (Lipinski definition) is 16. The molecule has 0 aliphatic carbocycles. The fraction of sp³-hybridized carbons (Fsp3) is 0.684. The molecule has 0 aromatic carbocycles. The van der Waals surface area contributed by atoms with Crippen LogP contribution in [0.25, 0.3) is 0 Å². The molecule has 1 aromatic heterocycles. The number of rotatable bonds is 12. The highest BCUT2D eigenvalue weighted by atomic mass is 31.2. The zero-order valence-electron chi connectivity index (χ0n) is 20.3. The maximum atomic E-state index is 12.7. The van der Waals surface area contributed by atoms with Crippen LogP contribution in [0.3, 0.4) is 0 Å². The highest BCUT2D eigenvalue weighted by Gasteiger charge is 2.58. The van der Waals surface area contributed by atoms with Gasteiger partial charge in [0.2, 0.25) is 6.41 Å². The van der Waals surface area contributed by atoms with Crippen molar-refractivity contribution in [1.82, 2.24) is 14.9 Å². The molecule has 0 bridgehead atoms. The van der Waals surface area contributed by atoms with E-state index in [9.17, 15) is 54.5 Å². The number of ether oxygens (including phenoxy) is 2. The fourth-order valence-corrected chi connectivity index (χ4v) is 5.14. The van der Waals surface area contributed by atoms with Gasteiger partial charge in [-0.15, -0.1) is 0 Å². The van der Waals surface area contributed by atoms with Crippen molar-refractivity contribution in [2.75, 3.05) is 18.9 Å². The quantitative estimate of drug-likeness (QED) is 0.0789. The Morgan fingerprint density at radius 3 is 2.60 bits per heavy atom. The van der Waals surface area contributed by atoms with E-state index >= 15 is 0 Å². The number of nitrogens with zero attached hydrogens (tertiary/aromatic N) is 2. The van der Waals surface area contributed by atoms with Crippen LogP contribution in [-0.2, 0) is 32.7 Å². The Balaban J connectivity index is 1.77. The largest absolute Gasteiger partial charge is 0.477 e. The molecule has 0 spiro atoms. The first-order chi connectivity index (χ1) is 18.7. The van der Waals surface area contributed by atoms with Gasteiger partial charge in [0.05, 0.1) is 25.4 Å². The van der Waals surface area contributed by atoms with Crippen LogP contribution in [0, 0.1) is 0 Å². The second kappa shape index (κ2) is 12.5. The van der Waals surface area contributed by atoms with E-state index in [0.717, 1.165) is 10.8 Å². The average Bonchev–Trinajstić information content (AvgIpc) is 3.16. The summed E-state index contributed by atoms with van der Waals surface area (Å²) >= 11 is 0. The Hall–Kier alpha value is -2.59. The second-order valence-corrected chi connectivity index (χ2v) is 10.3. The van der Waals surface area contributed by atoms with Crippen molar-refractivity contribution >= 4 is 26.0 Å². The monoisotopic (exact) mass is 600 g/mol. The molecule has 11 atom stereocenters. The number of amides is 1. The van der Waals surface area contributed by atoms with Gasteiger partial charge in [-0.25, -0.2) is 18.7 Å². The van der Waals surface area contributed by atoms with E-state index < -0.39 is 99.9 Å². The molecule has 226 valence electrons. The topological polar surface area (TPSA) is 323 Å². The van der Waals surface area contributed by atoms with Crippen LogP contribution in [0.2, 0.25) is 0 Å².